The molecule has 2 aromatic carbocycles. The Morgan fingerprint density at radius 3 is 2.77 bits per heavy atom. The maximum atomic E-state index is 15.3. The zero-order chi connectivity index (χ0) is 26.9. The fourth-order valence-electron chi connectivity index (χ4n) is 3.84. The summed E-state index contributed by atoms with van der Waals surface area (Å²) in [6, 6.07) is 7.91. The fourth-order valence-corrected chi connectivity index (χ4v) is 3.84. The number of nitriles is 1. The number of hydrogen-bond donors (Lipinski definition) is 0. The Morgan fingerprint density at radius 2 is 2.10 bits per heavy atom. The number of hydrogen-bond acceptors (Lipinski definition) is 2. The van der Waals surface area contributed by atoms with Gasteiger partial charge in [0.05, 0.1) is 17.9 Å². The molecule has 4 aromatic rings. The summed E-state index contributed by atoms with van der Waals surface area (Å²) in [5.74, 6) is -1.18. The van der Waals surface area contributed by atoms with E-state index >= 15 is 4.39 Å². The normalized spacial score (nSPS) is 15.4. The molecule has 0 amide bonds. The van der Waals surface area contributed by atoms with Crippen LogP contribution in [-0.2, 0) is 13.4 Å². The van der Waals surface area contributed by atoms with Crippen molar-refractivity contribution < 1.29 is 21.6 Å². The van der Waals surface area contributed by atoms with Crippen LogP contribution in [0.4, 0.5) is 4.39 Å². The quantitative estimate of drug-likeness (QED) is 0.379. The van der Waals surface area contributed by atoms with Gasteiger partial charge >= 0.3 is 0 Å². The van der Waals surface area contributed by atoms with E-state index in [-0.39, 0.29) is 50.7 Å². The molecule has 30 heavy (non-hydrogen) atoms. The summed E-state index contributed by atoms with van der Waals surface area (Å²) < 4.78 is 74.0. The molecule has 0 bridgehead atoms. The van der Waals surface area contributed by atoms with Gasteiger partial charge in [0.1, 0.15) is 18.9 Å². The van der Waals surface area contributed by atoms with Gasteiger partial charge in [-0.25, -0.2) is 4.39 Å². The van der Waals surface area contributed by atoms with Crippen molar-refractivity contribution in [1.29, 1.82) is 5.26 Å². The van der Waals surface area contributed by atoms with E-state index in [9.17, 15) is 5.26 Å². The Labute approximate surface area is 184 Å². The second-order valence-electron chi connectivity index (χ2n) is 7.82. The minimum absolute atomic E-state index is 0.117. The molecule has 2 aromatic heterocycles. The van der Waals surface area contributed by atoms with Crippen LogP contribution in [0.15, 0.2) is 34.7 Å². The number of halogens is 1. The molecule has 0 radical (unpaired) electrons. The number of para-hydroxylation sites is 1. The van der Waals surface area contributed by atoms with Crippen molar-refractivity contribution >= 4 is 21.9 Å². The standard InChI is InChI=1S/C26H26FN2O/c1-14(2)10-19-12-22(29(6)17(5)16(19)4)23-15(3)11-21(27)24-20-9-7-8-18(13-28)25(20)30-26(23)24/h7-9,11-12,14H,10H2,1-6H3/q+1/i4D3,10D2,12D. The van der Waals surface area contributed by atoms with E-state index in [0.29, 0.717) is 16.5 Å². The fraction of sp³-hybridized carbons (Fsp3) is 0.308. The molecule has 3 nitrogen and oxygen atoms in total. The first-order valence-electron chi connectivity index (χ1n) is 12.7. The SMILES string of the molecule is [2H]c1c(C([2H])([2H])C(C)C)c(C([2H])([2H])[2H])c(C)[n+](C)c1-c1c(C)cc(F)c2c1oc1c(C#N)cccc12. The lowest BCUT2D eigenvalue weighted by Crippen LogP contribution is -2.36. The minimum atomic E-state index is -2.66. The number of aromatic nitrogens is 1. The van der Waals surface area contributed by atoms with Crippen LogP contribution in [-0.4, -0.2) is 0 Å². The predicted octanol–water partition coefficient (Wildman–Crippen LogP) is 6.21. The molecular weight excluding hydrogens is 375 g/mol. The lowest BCUT2D eigenvalue weighted by Gasteiger charge is -2.14. The van der Waals surface area contributed by atoms with E-state index in [1.807, 2.05) is 0 Å². The van der Waals surface area contributed by atoms with E-state index in [2.05, 4.69) is 6.07 Å². The van der Waals surface area contributed by atoms with Crippen LogP contribution in [0, 0.1) is 43.8 Å². The van der Waals surface area contributed by atoms with Crippen molar-refractivity contribution in [2.45, 2.75) is 40.9 Å². The first-order valence-corrected chi connectivity index (χ1v) is 9.73. The number of pyridine rings is 1. The van der Waals surface area contributed by atoms with Crippen LogP contribution >= 0.6 is 0 Å². The zero-order valence-electron chi connectivity index (χ0n) is 23.6. The van der Waals surface area contributed by atoms with Gasteiger partial charge in [0, 0.05) is 30.8 Å². The summed E-state index contributed by atoms with van der Waals surface area (Å²) in [6.45, 7) is 3.83. The predicted molar refractivity (Wildman–Crippen MR) is 118 cm³/mol. The van der Waals surface area contributed by atoms with Gasteiger partial charge in [0.15, 0.2) is 16.9 Å². The van der Waals surface area contributed by atoms with Gasteiger partial charge in [-0.3, -0.25) is 0 Å². The molecule has 0 N–H and O–H groups in total. The Hall–Kier alpha value is -3.19. The maximum absolute atomic E-state index is 15.3. The van der Waals surface area contributed by atoms with Crippen LogP contribution in [0.1, 0.15) is 50.0 Å². The Kier molecular flexibility index (Phi) is 3.37. The number of fused-ring (bicyclic) bond motifs is 3. The number of furan rings is 1. The first kappa shape index (κ1) is 13.9. The van der Waals surface area contributed by atoms with Crippen molar-refractivity contribution in [3.8, 4) is 17.3 Å². The molecule has 4 heteroatoms. The first-order chi connectivity index (χ1) is 16.6. The van der Waals surface area contributed by atoms with Crippen molar-refractivity contribution in [2.75, 3.05) is 0 Å². The molecular formula is C26H26FN2O+. The third kappa shape index (κ3) is 2.97. The van der Waals surface area contributed by atoms with Gasteiger partial charge in [0.25, 0.3) is 0 Å². The Balaban J connectivity index is 2.27. The van der Waals surface area contributed by atoms with E-state index in [1.165, 1.54) is 10.6 Å². The molecule has 152 valence electrons. The Bertz CT molecular complexity index is 1600. The van der Waals surface area contributed by atoms with E-state index in [0.717, 1.165) is 0 Å². The average Bonchev–Trinajstić information content (AvgIpc) is 3.16. The van der Waals surface area contributed by atoms with Gasteiger partial charge < -0.3 is 4.42 Å². The molecule has 0 aliphatic carbocycles. The molecule has 0 saturated heterocycles. The summed E-state index contributed by atoms with van der Waals surface area (Å²) in [6.07, 6.45) is -2.14. The highest BCUT2D eigenvalue weighted by atomic mass is 19.1. The molecule has 0 aliphatic heterocycles. The molecule has 4 rings (SSSR count). The summed E-state index contributed by atoms with van der Waals surface area (Å²) in [4.78, 5) is 0. The summed E-state index contributed by atoms with van der Waals surface area (Å²) >= 11 is 0. The monoisotopic (exact) mass is 407 g/mol. The van der Waals surface area contributed by atoms with E-state index < -0.39 is 25.0 Å². The Morgan fingerprint density at radius 1 is 1.33 bits per heavy atom. The minimum Gasteiger partial charge on any atom is -0.454 e. The van der Waals surface area contributed by atoms with Gasteiger partial charge in [-0.15, -0.1) is 0 Å². The molecule has 0 saturated carbocycles. The van der Waals surface area contributed by atoms with Crippen LogP contribution in [0.25, 0.3) is 33.2 Å². The number of benzene rings is 2. The lowest BCUT2D eigenvalue weighted by molar-refractivity contribution is -0.667. The van der Waals surface area contributed by atoms with Crippen LogP contribution in [0.5, 0.6) is 0 Å². The van der Waals surface area contributed by atoms with E-state index in [4.69, 9.17) is 12.6 Å². The topological polar surface area (TPSA) is 40.8 Å². The second-order valence-corrected chi connectivity index (χ2v) is 7.82. The lowest BCUT2D eigenvalue weighted by atomic mass is 9.93. The van der Waals surface area contributed by atoms with Gasteiger partial charge in [-0.2, -0.15) is 9.83 Å². The molecule has 2 heterocycles. The van der Waals surface area contributed by atoms with Crippen LogP contribution < -0.4 is 4.57 Å². The zero-order valence-corrected chi connectivity index (χ0v) is 17.6. The second kappa shape index (κ2) is 7.25. The highest BCUT2D eigenvalue weighted by Gasteiger charge is 2.27. The van der Waals surface area contributed by atoms with Crippen LogP contribution in [0.3, 0.4) is 0 Å². The smallest absolute Gasteiger partial charge is 0.216 e. The molecule has 0 aliphatic rings. The van der Waals surface area contributed by atoms with Crippen LogP contribution in [0.2, 0.25) is 0 Å². The highest BCUT2D eigenvalue weighted by molar-refractivity contribution is 6.11. The number of rotatable bonds is 3. The molecule has 0 fully saturated rings. The third-order valence-electron chi connectivity index (χ3n) is 5.40. The number of nitrogens with zero attached hydrogens (tertiary/aromatic N) is 2. The van der Waals surface area contributed by atoms with Crippen molar-refractivity contribution in [1.82, 2.24) is 0 Å². The van der Waals surface area contributed by atoms with Gasteiger partial charge in [-0.05, 0) is 49.3 Å². The molecule has 0 atom stereocenters. The average molecular weight is 408 g/mol. The summed E-state index contributed by atoms with van der Waals surface area (Å²) in [5, 5.41) is 10.1. The molecule has 0 spiro atoms. The largest absolute Gasteiger partial charge is 0.454 e. The van der Waals surface area contributed by atoms with Crippen molar-refractivity contribution in [3.63, 3.8) is 0 Å². The maximum Gasteiger partial charge on any atom is 0.216 e. The highest BCUT2D eigenvalue weighted by Crippen LogP contribution is 2.40. The molecule has 0 unspecified atom stereocenters. The van der Waals surface area contributed by atoms with Crippen molar-refractivity contribution in [2.24, 2.45) is 13.0 Å². The van der Waals surface area contributed by atoms with Gasteiger partial charge in [0.2, 0.25) is 5.69 Å². The summed E-state index contributed by atoms with van der Waals surface area (Å²) in [5.41, 5.74) is 1.39. The van der Waals surface area contributed by atoms with E-state index in [1.54, 1.807) is 52.9 Å². The van der Waals surface area contributed by atoms with Crippen molar-refractivity contribution in [3.05, 3.63) is 64.1 Å². The van der Waals surface area contributed by atoms with Gasteiger partial charge in [-0.1, -0.05) is 26.0 Å². The third-order valence-corrected chi connectivity index (χ3v) is 5.40. The number of aryl methyl sites for hydroxylation is 1. The summed E-state index contributed by atoms with van der Waals surface area (Å²) in [7, 11) is 1.60.